The fourth-order valence-electron chi connectivity index (χ4n) is 1.47. The summed E-state index contributed by atoms with van der Waals surface area (Å²) in [4.78, 5) is 11.9. The van der Waals surface area contributed by atoms with E-state index >= 15 is 0 Å². The van der Waals surface area contributed by atoms with Gasteiger partial charge in [0.25, 0.3) is 5.91 Å². The van der Waals surface area contributed by atoms with Gasteiger partial charge < -0.3 is 9.88 Å². The second-order valence-corrected chi connectivity index (χ2v) is 4.74. The van der Waals surface area contributed by atoms with Crippen molar-refractivity contribution in [3.8, 4) is 0 Å². The van der Waals surface area contributed by atoms with Crippen LogP contribution in [0.2, 0.25) is 0 Å². The molecule has 88 valence electrons. The molecule has 0 aliphatic rings. The first kappa shape index (κ1) is 12.1. The molecule has 1 N–H and O–H groups in total. The number of anilines is 1. The quantitative estimate of drug-likeness (QED) is 0.835. The SMILES string of the molecule is Cn1cccc1C(=O)Nc1ccc(F)cc1I. The van der Waals surface area contributed by atoms with Crippen LogP contribution in [-0.4, -0.2) is 10.5 Å². The molecule has 0 atom stereocenters. The number of carbonyl (C=O) groups excluding carboxylic acids is 1. The van der Waals surface area contributed by atoms with Crippen LogP contribution in [0.3, 0.4) is 0 Å². The zero-order valence-electron chi connectivity index (χ0n) is 9.08. The van der Waals surface area contributed by atoms with Crippen LogP contribution < -0.4 is 5.32 Å². The lowest BCUT2D eigenvalue weighted by atomic mass is 10.3. The molecule has 0 spiro atoms. The lowest BCUT2D eigenvalue weighted by Crippen LogP contribution is -2.16. The molecule has 0 saturated carbocycles. The number of hydrogen-bond acceptors (Lipinski definition) is 1. The third kappa shape index (κ3) is 2.66. The van der Waals surface area contributed by atoms with Crippen molar-refractivity contribution in [3.63, 3.8) is 0 Å². The molecule has 3 nitrogen and oxygen atoms in total. The molecule has 0 radical (unpaired) electrons. The van der Waals surface area contributed by atoms with E-state index in [-0.39, 0.29) is 11.7 Å². The van der Waals surface area contributed by atoms with Crippen LogP contribution >= 0.6 is 22.6 Å². The summed E-state index contributed by atoms with van der Waals surface area (Å²) in [6, 6.07) is 7.78. The Morgan fingerprint density at radius 3 is 2.76 bits per heavy atom. The summed E-state index contributed by atoms with van der Waals surface area (Å²) in [5.41, 5.74) is 1.17. The Morgan fingerprint density at radius 1 is 1.41 bits per heavy atom. The van der Waals surface area contributed by atoms with Crippen molar-refractivity contribution < 1.29 is 9.18 Å². The van der Waals surface area contributed by atoms with Gasteiger partial charge in [-0.2, -0.15) is 0 Å². The number of rotatable bonds is 2. The molecular weight excluding hydrogens is 334 g/mol. The van der Waals surface area contributed by atoms with Gasteiger partial charge in [0.1, 0.15) is 11.5 Å². The normalized spacial score (nSPS) is 10.3. The molecule has 0 unspecified atom stereocenters. The van der Waals surface area contributed by atoms with Gasteiger partial charge in [0, 0.05) is 16.8 Å². The van der Waals surface area contributed by atoms with Crippen LogP contribution in [0.15, 0.2) is 36.5 Å². The van der Waals surface area contributed by atoms with E-state index in [1.54, 1.807) is 36.0 Å². The Labute approximate surface area is 112 Å². The molecule has 2 aromatic rings. The zero-order valence-corrected chi connectivity index (χ0v) is 11.2. The van der Waals surface area contributed by atoms with Crippen molar-refractivity contribution in [2.45, 2.75) is 0 Å². The Hall–Kier alpha value is -1.37. The van der Waals surface area contributed by atoms with Gasteiger partial charge >= 0.3 is 0 Å². The van der Waals surface area contributed by atoms with Gasteiger partial charge in [0.05, 0.1) is 5.69 Å². The lowest BCUT2D eigenvalue weighted by Gasteiger charge is -2.08. The smallest absolute Gasteiger partial charge is 0.272 e. The second kappa shape index (κ2) is 4.87. The first-order valence-electron chi connectivity index (χ1n) is 4.95. The van der Waals surface area contributed by atoms with Crippen LogP contribution in [-0.2, 0) is 7.05 Å². The largest absolute Gasteiger partial charge is 0.347 e. The van der Waals surface area contributed by atoms with E-state index in [0.29, 0.717) is 15.0 Å². The Kier molecular flexibility index (Phi) is 3.46. The monoisotopic (exact) mass is 344 g/mol. The highest BCUT2D eigenvalue weighted by molar-refractivity contribution is 14.1. The maximum Gasteiger partial charge on any atom is 0.272 e. The van der Waals surface area contributed by atoms with E-state index in [2.05, 4.69) is 5.32 Å². The van der Waals surface area contributed by atoms with E-state index in [9.17, 15) is 9.18 Å². The number of nitrogens with one attached hydrogen (secondary N) is 1. The maximum atomic E-state index is 12.9. The highest BCUT2D eigenvalue weighted by atomic mass is 127. The predicted molar refractivity (Wildman–Crippen MR) is 72.5 cm³/mol. The Bertz CT molecular complexity index is 565. The van der Waals surface area contributed by atoms with Crippen LogP contribution in [0.5, 0.6) is 0 Å². The number of hydrogen-bond donors (Lipinski definition) is 1. The molecule has 0 aliphatic heterocycles. The van der Waals surface area contributed by atoms with Gasteiger partial charge in [0.2, 0.25) is 0 Å². The number of amides is 1. The average molecular weight is 344 g/mol. The molecule has 0 bridgehead atoms. The highest BCUT2D eigenvalue weighted by Crippen LogP contribution is 2.19. The van der Waals surface area contributed by atoms with Crippen molar-refractivity contribution in [1.29, 1.82) is 0 Å². The summed E-state index contributed by atoms with van der Waals surface area (Å²) in [6.07, 6.45) is 1.80. The Balaban J connectivity index is 2.22. The number of carbonyl (C=O) groups is 1. The van der Waals surface area contributed by atoms with E-state index < -0.39 is 0 Å². The van der Waals surface area contributed by atoms with E-state index in [1.807, 2.05) is 22.6 Å². The molecule has 0 saturated heterocycles. The molecule has 0 aliphatic carbocycles. The van der Waals surface area contributed by atoms with Gasteiger partial charge in [-0.05, 0) is 52.9 Å². The molecule has 1 amide bonds. The van der Waals surface area contributed by atoms with Crippen molar-refractivity contribution in [1.82, 2.24) is 4.57 Å². The van der Waals surface area contributed by atoms with Crippen LogP contribution in [0.4, 0.5) is 10.1 Å². The van der Waals surface area contributed by atoms with Crippen LogP contribution in [0.25, 0.3) is 0 Å². The Morgan fingerprint density at radius 2 is 2.18 bits per heavy atom. The van der Waals surface area contributed by atoms with E-state index in [0.717, 1.165) is 0 Å². The van der Waals surface area contributed by atoms with Crippen molar-refractivity contribution >= 4 is 34.2 Å². The molecule has 17 heavy (non-hydrogen) atoms. The summed E-state index contributed by atoms with van der Waals surface area (Å²) in [7, 11) is 1.80. The topological polar surface area (TPSA) is 34.0 Å². The molecule has 1 aromatic carbocycles. The maximum absolute atomic E-state index is 12.9. The van der Waals surface area contributed by atoms with Crippen molar-refractivity contribution in [2.24, 2.45) is 7.05 Å². The number of aryl methyl sites for hydroxylation is 1. The van der Waals surface area contributed by atoms with Gasteiger partial charge in [-0.25, -0.2) is 4.39 Å². The molecule has 1 aromatic heterocycles. The minimum atomic E-state index is -0.314. The van der Waals surface area contributed by atoms with Gasteiger partial charge in [0.15, 0.2) is 0 Å². The third-order valence-corrected chi connectivity index (χ3v) is 3.25. The standard InChI is InChI=1S/C12H10FIN2O/c1-16-6-2-3-11(16)12(17)15-10-5-4-8(13)7-9(10)14/h2-7H,1H3,(H,15,17). The first-order valence-corrected chi connectivity index (χ1v) is 6.03. The molecule has 5 heteroatoms. The molecule has 0 fully saturated rings. The summed E-state index contributed by atoms with van der Waals surface area (Å²) >= 11 is 1.98. The number of nitrogens with zero attached hydrogens (tertiary/aromatic N) is 1. The fraction of sp³-hybridized carbons (Fsp3) is 0.0833. The van der Waals surface area contributed by atoms with Gasteiger partial charge in [-0.15, -0.1) is 0 Å². The fourth-order valence-corrected chi connectivity index (χ4v) is 2.09. The highest BCUT2D eigenvalue weighted by Gasteiger charge is 2.10. The summed E-state index contributed by atoms with van der Waals surface area (Å²) in [6.45, 7) is 0. The second-order valence-electron chi connectivity index (χ2n) is 3.58. The lowest BCUT2D eigenvalue weighted by molar-refractivity contribution is 0.101. The minimum absolute atomic E-state index is 0.206. The third-order valence-electron chi connectivity index (χ3n) is 2.36. The number of benzene rings is 1. The van der Waals surface area contributed by atoms with Crippen LogP contribution in [0.1, 0.15) is 10.5 Å². The summed E-state index contributed by atoms with van der Waals surface area (Å²) in [5.74, 6) is -0.520. The van der Waals surface area contributed by atoms with E-state index in [4.69, 9.17) is 0 Å². The zero-order chi connectivity index (χ0) is 12.4. The predicted octanol–water partition coefficient (Wildman–Crippen LogP) is 3.02. The van der Waals surface area contributed by atoms with Crippen molar-refractivity contribution in [2.75, 3.05) is 5.32 Å². The van der Waals surface area contributed by atoms with Crippen LogP contribution in [0, 0.1) is 9.39 Å². The molecule has 2 rings (SSSR count). The van der Waals surface area contributed by atoms with Crippen molar-refractivity contribution in [3.05, 3.63) is 51.6 Å². The molecular formula is C12H10FIN2O. The first-order chi connectivity index (χ1) is 8.08. The van der Waals surface area contributed by atoms with Gasteiger partial charge in [-0.1, -0.05) is 0 Å². The van der Waals surface area contributed by atoms with E-state index in [1.165, 1.54) is 12.1 Å². The molecule has 1 heterocycles. The summed E-state index contributed by atoms with van der Waals surface area (Å²) in [5, 5.41) is 2.75. The average Bonchev–Trinajstić information content (AvgIpc) is 2.68. The minimum Gasteiger partial charge on any atom is -0.347 e. The number of halogens is 2. The summed E-state index contributed by atoms with van der Waals surface area (Å²) < 4.78 is 15.3. The van der Waals surface area contributed by atoms with Gasteiger partial charge in [-0.3, -0.25) is 4.79 Å². The number of aromatic nitrogens is 1.